The van der Waals surface area contributed by atoms with Crippen LogP contribution in [0, 0.1) is 0 Å². The molecule has 3 rings (SSSR count). The molecule has 1 aromatic carbocycles. The lowest BCUT2D eigenvalue weighted by atomic mass is 9.91. The van der Waals surface area contributed by atoms with Crippen LogP contribution in [0.4, 0.5) is 0 Å². The number of rotatable bonds is 2. The second-order valence-electron chi connectivity index (χ2n) is 4.92. The van der Waals surface area contributed by atoms with Crippen molar-refractivity contribution in [2.45, 2.75) is 12.8 Å². The predicted octanol–water partition coefficient (Wildman–Crippen LogP) is 3.19. The zero-order valence-electron chi connectivity index (χ0n) is 11.4. The number of benzene rings is 1. The molecule has 1 aliphatic rings. The fourth-order valence-electron chi connectivity index (χ4n) is 2.49. The molecule has 20 heavy (non-hydrogen) atoms. The van der Waals surface area contributed by atoms with Gasteiger partial charge < -0.3 is 0 Å². The van der Waals surface area contributed by atoms with Crippen LogP contribution in [-0.2, 0) is 13.5 Å². The summed E-state index contributed by atoms with van der Waals surface area (Å²) in [7, 11) is 1.89. The van der Waals surface area contributed by atoms with Crippen LogP contribution in [0.1, 0.15) is 28.0 Å². The number of fused-ring (bicyclic) bond motifs is 1. The van der Waals surface area contributed by atoms with E-state index in [-0.39, 0.29) is 5.78 Å². The van der Waals surface area contributed by atoms with E-state index in [9.17, 15) is 4.79 Å². The number of aryl methyl sites for hydroxylation is 1. The van der Waals surface area contributed by atoms with Crippen molar-refractivity contribution < 1.29 is 4.79 Å². The van der Waals surface area contributed by atoms with E-state index in [1.54, 1.807) is 10.9 Å². The number of aromatic nitrogens is 2. The van der Waals surface area contributed by atoms with Crippen molar-refractivity contribution in [3.05, 3.63) is 71.1 Å². The minimum atomic E-state index is 0.108. The SMILES string of the molecule is Cn1ncc2c1CC/C(=C/C=C\c1ccccc1)C2=O. The van der Waals surface area contributed by atoms with Crippen molar-refractivity contribution in [1.29, 1.82) is 0 Å². The van der Waals surface area contributed by atoms with E-state index in [1.165, 1.54) is 0 Å². The molecule has 0 radical (unpaired) electrons. The number of hydrogen-bond donors (Lipinski definition) is 0. The second-order valence-corrected chi connectivity index (χ2v) is 4.92. The Labute approximate surface area is 118 Å². The molecule has 3 heteroatoms. The van der Waals surface area contributed by atoms with Gasteiger partial charge in [0.15, 0.2) is 5.78 Å². The van der Waals surface area contributed by atoms with Crippen molar-refractivity contribution in [2.75, 3.05) is 0 Å². The largest absolute Gasteiger partial charge is 0.289 e. The van der Waals surface area contributed by atoms with Gasteiger partial charge in [-0.2, -0.15) is 5.10 Å². The molecule has 3 nitrogen and oxygen atoms in total. The van der Waals surface area contributed by atoms with E-state index in [4.69, 9.17) is 0 Å². The van der Waals surface area contributed by atoms with E-state index in [0.29, 0.717) is 0 Å². The Balaban J connectivity index is 1.81. The van der Waals surface area contributed by atoms with Crippen molar-refractivity contribution in [3.8, 4) is 0 Å². The van der Waals surface area contributed by atoms with E-state index in [1.807, 2.05) is 55.6 Å². The van der Waals surface area contributed by atoms with Crippen molar-refractivity contribution in [1.82, 2.24) is 9.78 Å². The van der Waals surface area contributed by atoms with Gasteiger partial charge in [0.25, 0.3) is 0 Å². The molecule has 100 valence electrons. The van der Waals surface area contributed by atoms with Gasteiger partial charge in [0, 0.05) is 18.3 Å². The third kappa shape index (κ3) is 2.35. The monoisotopic (exact) mass is 264 g/mol. The molecule has 1 heterocycles. The fraction of sp³-hybridized carbons (Fsp3) is 0.176. The highest BCUT2D eigenvalue weighted by atomic mass is 16.1. The van der Waals surface area contributed by atoms with Crippen LogP contribution in [0.25, 0.3) is 6.08 Å². The minimum absolute atomic E-state index is 0.108. The normalized spacial score (nSPS) is 16.9. The van der Waals surface area contributed by atoms with E-state index >= 15 is 0 Å². The summed E-state index contributed by atoms with van der Waals surface area (Å²) in [6.45, 7) is 0. The summed E-state index contributed by atoms with van der Waals surface area (Å²) < 4.78 is 1.80. The van der Waals surface area contributed by atoms with E-state index in [2.05, 4.69) is 5.10 Å². The molecule has 0 atom stereocenters. The first-order chi connectivity index (χ1) is 9.75. The second kappa shape index (κ2) is 5.29. The lowest BCUT2D eigenvalue weighted by Crippen LogP contribution is -2.14. The molecule has 0 unspecified atom stereocenters. The summed E-state index contributed by atoms with van der Waals surface area (Å²) in [6.07, 6.45) is 9.22. The number of ketones is 1. The van der Waals surface area contributed by atoms with Gasteiger partial charge >= 0.3 is 0 Å². The highest BCUT2D eigenvalue weighted by molar-refractivity contribution is 6.10. The lowest BCUT2D eigenvalue weighted by Gasteiger charge is -2.13. The molecule has 1 aromatic heterocycles. The first-order valence-electron chi connectivity index (χ1n) is 6.73. The number of nitrogens with zero attached hydrogens (tertiary/aromatic N) is 2. The van der Waals surface area contributed by atoms with Crippen molar-refractivity contribution >= 4 is 11.9 Å². The number of carbonyl (C=O) groups is 1. The van der Waals surface area contributed by atoms with E-state index < -0.39 is 0 Å². The number of Topliss-reactive ketones (excluding diaryl/α,β-unsaturated/α-hetero) is 1. The molecule has 0 N–H and O–H groups in total. The van der Waals surface area contributed by atoms with Crippen LogP contribution in [-0.4, -0.2) is 15.6 Å². The first kappa shape index (κ1) is 12.6. The molecule has 0 fully saturated rings. The third-order valence-electron chi connectivity index (χ3n) is 3.61. The molecule has 1 aliphatic carbocycles. The average Bonchev–Trinajstić information content (AvgIpc) is 2.85. The Bertz CT molecular complexity index is 693. The molecule has 2 aromatic rings. The highest BCUT2D eigenvalue weighted by Crippen LogP contribution is 2.24. The van der Waals surface area contributed by atoms with Gasteiger partial charge in [-0.25, -0.2) is 0 Å². The third-order valence-corrected chi connectivity index (χ3v) is 3.61. The van der Waals surface area contributed by atoms with Crippen LogP contribution >= 0.6 is 0 Å². The van der Waals surface area contributed by atoms with Crippen LogP contribution in [0.2, 0.25) is 0 Å². The van der Waals surface area contributed by atoms with Gasteiger partial charge in [0.05, 0.1) is 11.8 Å². The quantitative estimate of drug-likeness (QED) is 0.781. The molecule has 0 aliphatic heterocycles. The number of allylic oxidation sites excluding steroid dienone is 3. The molecule has 0 amide bonds. The number of hydrogen-bond acceptors (Lipinski definition) is 2. The maximum absolute atomic E-state index is 12.3. The average molecular weight is 264 g/mol. The maximum atomic E-state index is 12.3. The summed E-state index contributed by atoms with van der Waals surface area (Å²) in [6, 6.07) is 10.1. The highest BCUT2D eigenvalue weighted by Gasteiger charge is 2.24. The van der Waals surface area contributed by atoms with Gasteiger partial charge in [-0.15, -0.1) is 0 Å². The smallest absolute Gasteiger partial charge is 0.192 e. The molecule has 0 bridgehead atoms. The predicted molar refractivity (Wildman–Crippen MR) is 79.4 cm³/mol. The zero-order chi connectivity index (χ0) is 13.9. The fourth-order valence-corrected chi connectivity index (χ4v) is 2.49. The Hall–Kier alpha value is -2.42. The minimum Gasteiger partial charge on any atom is -0.289 e. The van der Waals surface area contributed by atoms with Crippen LogP contribution in [0.15, 0.2) is 54.3 Å². The standard InChI is InChI=1S/C17H16N2O/c1-19-16-11-10-14(17(20)15(16)12-18-19)9-5-8-13-6-3-2-4-7-13/h2-9,12H,10-11H2,1H3/b8-5-,14-9-. The van der Waals surface area contributed by atoms with Crippen LogP contribution < -0.4 is 0 Å². The maximum Gasteiger partial charge on any atom is 0.192 e. The van der Waals surface area contributed by atoms with Gasteiger partial charge in [-0.3, -0.25) is 9.48 Å². The molecular formula is C17H16N2O. The Morgan fingerprint density at radius 3 is 2.80 bits per heavy atom. The molecule has 0 saturated heterocycles. The molecular weight excluding hydrogens is 248 g/mol. The van der Waals surface area contributed by atoms with Gasteiger partial charge in [0.2, 0.25) is 0 Å². The van der Waals surface area contributed by atoms with Gasteiger partial charge in [-0.05, 0) is 18.4 Å². The summed E-state index contributed by atoms with van der Waals surface area (Å²) in [5.74, 6) is 0.108. The Morgan fingerprint density at radius 2 is 2.00 bits per heavy atom. The topological polar surface area (TPSA) is 34.9 Å². The van der Waals surface area contributed by atoms with Crippen molar-refractivity contribution in [2.24, 2.45) is 7.05 Å². The summed E-state index contributed by atoms with van der Waals surface area (Å²) >= 11 is 0. The Kier molecular flexibility index (Phi) is 3.33. The first-order valence-corrected chi connectivity index (χ1v) is 6.73. The summed E-state index contributed by atoms with van der Waals surface area (Å²) in [5.41, 5.74) is 3.78. The zero-order valence-corrected chi connectivity index (χ0v) is 11.4. The van der Waals surface area contributed by atoms with Crippen LogP contribution in [0.5, 0.6) is 0 Å². The van der Waals surface area contributed by atoms with Gasteiger partial charge in [0.1, 0.15) is 0 Å². The Morgan fingerprint density at radius 1 is 1.20 bits per heavy atom. The van der Waals surface area contributed by atoms with Crippen LogP contribution in [0.3, 0.4) is 0 Å². The van der Waals surface area contributed by atoms with Gasteiger partial charge in [-0.1, -0.05) is 48.6 Å². The molecule has 0 spiro atoms. The molecule has 0 saturated carbocycles. The van der Waals surface area contributed by atoms with E-state index in [0.717, 1.165) is 35.2 Å². The number of carbonyl (C=O) groups excluding carboxylic acids is 1. The summed E-state index contributed by atoms with van der Waals surface area (Å²) in [5, 5.41) is 4.16. The van der Waals surface area contributed by atoms with Crippen molar-refractivity contribution in [3.63, 3.8) is 0 Å². The summed E-state index contributed by atoms with van der Waals surface area (Å²) in [4.78, 5) is 12.3. The lowest BCUT2D eigenvalue weighted by molar-refractivity contribution is 0.102.